The molecule has 26 heavy (non-hydrogen) atoms. The van der Waals surface area contributed by atoms with Gasteiger partial charge < -0.3 is 15.8 Å². The maximum absolute atomic E-state index is 12.3. The van der Waals surface area contributed by atoms with E-state index in [9.17, 15) is 18.0 Å². The van der Waals surface area contributed by atoms with Crippen molar-refractivity contribution in [2.45, 2.75) is 4.90 Å². The number of carbonyl (C=O) groups excluding carboxylic acids is 2. The number of nitrogens with zero attached hydrogens (tertiary/aromatic N) is 2. The van der Waals surface area contributed by atoms with E-state index in [1.807, 2.05) is 0 Å². The quantitative estimate of drug-likeness (QED) is 0.658. The SMILES string of the molecule is Nc1ccc2c(n1)N(CC(=O)Nc1ccc(S(N)(=O)=O)cc1)C(=O)CO2. The van der Waals surface area contributed by atoms with E-state index in [-0.39, 0.29) is 29.7 Å². The number of benzene rings is 1. The van der Waals surface area contributed by atoms with E-state index in [0.29, 0.717) is 11.4 Å². The number of primary sulfonamides is 1. The molecule has 0 aliphatic carbocycles. The van der Waals surface area contributed by atoms with Gasteiger partial charge in [-0.15, -0.1) is 0 Å². The summed E-state index contributed by atoms with van der Waals surface area (Å²) in [5.74, 6) is -0.231. The van der Waals surface area contributed by atoms with Crippen molar-refractivity contribution >= 4 is 39.2 Å². The van der Waals surface area contributed by atoms with Crippen LogP contribution in [0.1, 0.15) is 0 Å². The minimum atomic E-state index is -3.82. The molecule has 0 atom stereocenters. The number of aromatic nitrogens is 1. The first-order chi connectivity index (χ1) is 12.2. The molecule has 1 aromatic carbocycles. The number of carbonyl (C=O) groups is 2. The Balaban J connectivity index is 1.74. The van der Waals surface area contributed by atoms with Crippen molar-refractivity contribution < 1.29 is 22.7 Å². The summed E-state index contributed by atoms with van der Waals surface area (Å²) in [6.07, 6.45) is 0. The summed E-state index contributed by atoms with van der Waals surface area (Å²) in [6, 6.07) is 8.41. The summed E-state index contributed by atoms with van der Waals surface area (Å²) in [6.45, 7) is -0.516. The Bertz CT molecular complexity index is 974. The lowest BCUT2D eigenvalue weighted by molar-refractivity contribution is -0.123. The summed E-state index contributed by atoms with van der Waals surface area (Å²) in [5, 5.41) is 7.58. The smallest absolute Gasteiger partial charge is 0.266 e. The average molecular weight is 377 g/mol. The number of nitrogens with two attached hydrogens (primary N) is 2. The van der Waals surface area contributed by atoms with Gasteiger partial charge in [-0.3, -0.25) is 14.5 Å². The second-order valence-electron chi connectivity index (χ2n) is 5.44. The first kappa shape index (κ1) is 17.6. The van der Waals surface area contributed by atoms with E-state index in [2.05, 4.69) is 10.3 Å². The molecule has 11 heteroatoms. The Morgan fingerprint density at radius 3 is 2.58 bits per heavy atom. The number of anilines is 3. The van der Waals surface area contributed by atoms with Crippen LogP contribution < -0.4 is 25.8 Å². The molecule has 1 aliphatic rings. The third-order valence-corrected chi connectivity index (χ3v) is 4.47. The second-order valence-corrected chi connectivity index (χ2v) is 7.01. The van der Waals surface area contributed by atoms with Crippen molar-refractivity contribution in [2.75, 3.05) is 29.1 Å². The van der Waals surface area contributed by atoms with Crippen LogP contribution in [0.4, 0.5) is 17.3 Å². The molecule has 0 fully saturated rings. The van der Waals surface area contributed by atoms with Gasteiger partial charge >= 0.3 is 0 Å². The number of nitrogens with one attached hydrogen (secondary N) is 1. The second kappa shape index (κ2) is 6.61. The number of pyridine rings is 1. The summed E-state index contributed by atoms with van der Waals surface area (Å²) in [4.78, 5) is 29.5. The molecule has 5 N–H and O–H groups in total. The van der Waals surface area contributed by atoms with Crippen LogP contribution in [0, 0.1) is 0 Å². The van der Waals surface area contributed by atoms with E-state index < -0.39 is 21.8 Å². The Hall–Kier alpha value is -3.18. The van der Waals surface area contributed by atoms with Gasteiger partial charge in [0.05, 0.1) is 4.90 Å². The number of hydrogen-bond donors (Lipinski definition) is 3. The lowest BCUT2D eigenvalue weighted by atomic mass is 10.3. The highest BCUT2D eigenvalue weighted by Crippen LogP contribution is 2.30. The fourth-order valence-electron chi connectivity index (χ4n) is 2.33. The van der Waals surface area contributed by atoms with Crippen molar-refractivity contribution in [3.63, 3.8) is 0 Å². The lowest BCUT2D eigenvalue weighted by Crippen LogP contribution is -2.44. The molecule has 3 rings (SSSR count). The number of fused-ring (bicyclic) bond motifs is 1. The average Bonchev–Trinajstić information content (AvgIpc) is 2.57. The third-order valence-electron chi connectivity index (χ3n) is 3.54. The normalized spacial score (nSPS) is 13.7. The van der Waals surface area contributed by atoms with Gasteiger partial charge in [-0.25, -0.2) is 18.5 Å². The zero-order chi connectivity index (χ0) is 18.9. The van der Waals surface area contributed by atoms with E-state index in [4.69, 9.17) is 15.6 Å². The highest BCUT2D eigenvalue weighted by atomic mass is 32.2. The van der Waals surface area contributed by atoms with Crippen LogP contribution in [0.5, 0.6) is 5.75 Å². The molecule has 136 valence electrons. The lowest BCUT2D eigenvalue weighted by Gasteiger charge is -2.27. The Labute approximate surface area is 148 Å². The molecule has 1 aliphatic heterocycles. The fourth-order valence-corrected chi connectivity index (χ4v) is 2.84. The van der Waals surface area contributed by atoms with Gasteiger partial charge in [-0.1, -0.05) is 0 Å². The predicted octanol–water partition coefficient (Wildman–Crippen LogP) is -0.325. The van der Waals surface area contributed by atoms with Gasteiger partial charge in [0, 0.05) is 5.69 Å². The van der Waals surface area contributed by atoms with E-state index >= 15 is 0 Å². The molecular formula is C15H15N5O5S. The predicted molar refractivity (Wildman–Crippen MR) is 92.9 cm³/mol. The molecule has 0 saturated heterocycles. The molecule has 1 aromatic heterocycles. The summed E-state index contributed by atoms with van der Waals surface area (Å²) >= 11 is 0. The highest BCUT2D eigenvalue weighted by molar-refractivity contribution is 7.89. The Morgan fingerprint density at radius 1 is 1.23 bits per heavy atom. The van der Waals surface area contributed by atoms with Crippen molar-refractivity contribution in [1.29, 1.82) is 0 Å². The number of rotatable bonds is 4. The molecule has 0 radical (unpaired) electrons. The summed E-state index contributed by atoms with van der Waals surface area (Å²) in [7, 11) is -3.82. The zero-order valence-electron chi connectivity index (χ0n) is 13.4. The van der Waals surface area contributed by atoms with Crippen LogP contribution in [0.15, 0.2) is 41.3 Å². The van der Waals surface area contributed by atoms with Crippen molar-refractivity contribution in [3.8, 4) is 5.75 Å². The summed E-state index contributed by atoms with van der Waals surface area (Å²) in [5.41, 5.74) is 5.98. The molecule has 0 bridgehead atoms. The minimum Gasteiger partial charge on any atom is -0.480 e. The largest absolute Gasteiger partial charge is 0.480 e. The summed E-state index contributed by atoms with van der Waals surface area (Å²) < 4.78 is 27.7. The monoisotopic (exact) mass is 377 g/mol. The third kappa shape index (κ3) is 3.73. The molecule has 2 heterocycles. The van der Waals surface area contributed by atoms with Crippen LogP contribution in [-0.2, 0) is 19.6 Å². The highest BCUT2D eigenvalue weighted by Gasteiger charge is 2.29. The molecule has 0 unspecified atom stereocenters. The zero-order valence-corrected chi connectivity index (χ0v) is 14.2. The molecule has 0 saturated carbocycles. The first-order valence-corrected chi connectivity index (χ1v) is 8.91. The maximum Gasteiger partial charge on any atom is 0.266 e. The van der Waals surface area contributed by atoms with E-state index in [1.165, 1.54) is 35.2 Å². The van der Waals surface area contributed by atoms with Crippen LogP contribution in [-0.4, -0.2) is 38.4 Å². The number of hydrogen-bond acceptors (Lipinski definition) is 7. The molecule has 0 spiro atoms. The van der Waals surface area contributed by atoms with Crippen molar-refractivity contribution in [1.82, 2.24) is 4.98 Å². The van der Waals surface area contributed by atoms with Gasteiger partial charge in [0.1, 0.15) is 12.4 Å². The minimum absolute atomic E-state index is 0.0764. The van der Waals surface area contributed by atoms with E-state index in [1.54, 1.807) is 6.07 Å². The van der Waals surface area contributed by atoms with Crippen LogP contribution in [0.25, 0.3) is 0 Å². The standard InChI is InChI=1S/C15H15N5O5S/c16-12-6-5-11-15(19-12)20(14(22)8-25-11)7-13(21)18-9-1-3-10(4-2-9)26(17,23)24/h1-6H,7-8H2,(H2,16,19)(H,18,21)(H2,17,23,24). The maximum atomic E-state index is 12.3. The molecule has 2 aromatic rings. The van der Waals surface area contributed by atoms with Gasteiger partial charge in [0.15, 0.2) is 18.2 Å². The number of nitrogen functional groups attached to an aromatic ring is 1. The van der Waals surface area contributed by atoms with Crippen molar-refractivity contribution in [3.05, 3.63) is 36.4 Å². The fraction of sp³-hybridized carbons (Fsp3) is 0.133. The first-order valence-electron chi connectivity index (χ1n) is 7.36. The van der Waals surface area contributed by atoms with Gasteiger partial charge in [0.25, 0.3) is 5.91 Å². The van der Waals surface area contributed by atoms with Crippen LogP contribution >= 0.6 is 0 Å². The van der Waals surface area contributed by atoms with Crippen LogP contribution in [0.3, 0.4) is 0 Å². The van der Waals surface area contributed by atoms with E-state index in [0.717, 1.165) is 0 Å². The van der Waals surface area contributed by atoms with Gasteiger partial charge in [0.2, 0.25) is 15.9 Å². The topological polar surface area (TPSA) is 158 Å². The molecular weight excluding hydrogens is 362 g/mol. The van der Waals surface area contributed by atoms with Crippen molar-refractivity contribution in [2.24, 2.45) is 5.14 Å². The van der Waals surface area contributed by atoms with Crippen LogP contribution in [0.2, 0.25) is 0 Å². The number of ether oxygens (including phenoxy) is 1. The van der Waals surface area contributed by atoms with Gasteiger partial charge in [-0.2, -0.15) is 0 Å². The number of amides is 2. The number of sulfonamides is 1. The molecule has 10 nitrogen and oxygen atoms in total. The van der Waals surface area contributed by atoms with Gasteiger partial charge in [-0.05, 0) is 36.4 Å². The Morgan fingerprint density at radius 2 is 1.92 bits per heavy atom. The molecule has 2 amide bonds. The Kier molecular flexibility index (Phi) is 4.49.